The quantitative estimate of drug-likeness (QED) is 0.809. The average molecular weight is 349 g/mol. The van der Waals surface area contributed by atoms with Gasteiger partial charge >= 0.3 is 0 Å². The van der Waals surface area contributed by atoms with Crippen LogP contribution in [0.2, 0.25) is 0 Å². The second kappa shape index (κ2) is 7.31. The molecule has 1 aliphatic rings. The lowest BCUT2D eigenvalue weighted by Gasteiger charge is -2.22. The number of likely N-dealkylation sites (N-methyl/N-ethyl adjacent to an activating group) is 1. The van der Waals surface area contributed by atoms with E-state index in [-0.39, 0.29) is 11.8 Å². The number of carbonyl (C=O) groups is 2. The highest BCUT2D eigenvalue weighted by Crippen LogP contribution is 2.13. The Hall–Kier alpha value is -1.93. The van der Waals surface area contributed by atoms with Gasteiger partial charge in [0.05, 0.1) is 18.7 Å². The van der Waals surface area contributed by atoms with E-state index in [9.17, 15) is 9.59 Å². The first-order valence-electron chi connectivity index (χ1n) is 8.14. The number of carbonyl (C=O) groups excluding carboxylic acids is 2. The molecule has 0 unspecified atom stereocenters. The molecule has 2 amide bonds. The molecule has 8 heteroatoms. The molecule has 2 aromatic heterocycles. The van der Waals surface area contributed by atoms with Crippen LogP contribution in [0.1, 0.15) is 12.1 Å². The molecular weight excluding hydrogens is 326 g/mol. The van der Waals surface area contributed by atoms with Crippen molar-refractivity contribution in [1.82, 2.24) is 24.1 Å². The number of hydrogen-bond acceptors (Lipinski definition) is 5. The summed E-state index contributed by atoms with van der Waals surface area (Å²) >= 11 is 1.57. The minimum Gasteiger partial charge on any atom is -0.348 e. The van der Waals surface area contributed by atoms with Crippen molar-refractivity contribution < 1.29 is 9.59 Å². The van der Waals surface area contributed by atoms with Gasteiger partial charge in [-0.25, -0.2) is 4.98 Å². The van der Waals surface area contributed by atoms with Gasteiger partial charge in [-0.3, -0.25) is 18.9 Å². The van der Waals surface area contributed by atoms with Crippen molar-refractivity contribution in [3.8, 4) is 0 Å². The zero-order chi connectivity index (χ0) is 17.1. The van der Waals surface area contributed by atoms with E-state index < -0.39 is 0 Å². The molecule has 1 fully saturated rings. The summed E-state index contributed by atoms with van der Waals surface area (Å²) in [7, 11) is 3.54. The molecule has 24 heavy (non-hydrogen) atoms. The maximum atomic E-state index is 12.5. The van der Waals surface area contributed by atoms with Gasteiger partial charge in [-0.05, 0) is 6.42 Å². The van der Waals surface area contributed by atoms with E-state index in [2.05, 4.69) is 9.88 Å². The summed E-state index contributed by atoms with van der Waals surface area (Å²) < 4.78 is 1.95. The van der Waals surface area contributed by atoms with Crippen LogP contribution in [0.4, 0.5) is 0 Å². The number of fused-ring (bicyclic) bond motifs is 1. The van der Waals surface area contributed by atoms with E-state index in [1.165, 1.54) is 0 Å². The Morgan fingerprint density at radius 1 is 1.25 bits per heavy atom. The largest absolute Gasteiger partial charge is 0.348 e. The highest BCUT2D eigenvalue weighted by Gasteiger charge is 2.21. The molecule has 0 spiro atoms. The van der Waals surface area contributed by atoms with Crippen LogP contribution in [0.25, 0.3) is 4.96 Å². The number of nitrogens with zero attached hydrogens (tertiary/aromatic N) is 5. The first kappa shape index (κ1) is 16.9. The van der Waals surface area contributed by atoms with E-state index >= 15 is 0 Å². The lowest BCUT2D eigenvalue weighted by atomic mass is 10.3. The van der Waals surface area contributed by atoms with Gasteiger partial charge in [-0.2, -0.15) is 0 Å². The minimum atomic E-state index is 0.104. The Balaban J connectivity index is 1.54. The molecule has 7 nitrogen and oxygen atoms in total. The van der Waals surface area contributed by atoms with E-state index in [0.717, 1.165) is 36.7 Å². The first-order valence-corrected chi connectivity index (χ1v) is 9.02. The predicted molar refractivity (Wildman–Crippen MR) is 93.1 cm³/mol. The Morgan fingerprint density at radius 3 is 2.83 bits per heavy atom. The normalized spacial score (nSPS) is 16.3. The standard InChI is InChI=1S/C16H23N5O2S/c1-18(2)15(23)12-19-4-3-5-20(7-6-19)14(22)10-13-11-21-8-9-24-16(21)17-13/h8-9,11H,3-7,10,12H2,1-2H3. The molecule has 0 N–H and O–H groups in total. The van der Waals surface area contributed by atoms with Crippen LogP contribution in [0, 0.1) is 0 Å². The van der Waals surface area contributed by atoms with Crippen molar-refractivity contribution in [3.63, 3.8) is 0 Å². The summed E-state index contributed by atoms with van der Waals surface area (Å²) in [6.07, 6.45) is 5.10. The van der Waals surface area contributed by atoms with Gasteiger partial charge in [0.2, 0.25) is 11.8 Å². The van der Waals surface area contributed by atoms with Crippen molar-refractivity contribution in [1.29, 1.82) is 0 Å². The molecule has 0 saturated carbocycles. The Labute approximate surface area is 145 Å². The second-order valence-electron chi connectivity index (χ2n) is 6.30. The Kier molecular flexibility index (Phi) is 5.15. The summed E-state index contributed by atoms with van der Waals surface area (Å²) in [5.41, 5.74) is 0.815. The van der Waals surface area contributed by atoms with Crippen LogP contribution < -0.4 is 0 Å². The first-order chi connectivity index (χ1) is 11.5. The molecule has 3 rings (SSSR count). The fourth-order valence-corrected chi connectivity index (χ4v) is 3.56. The molecule has 0 aliphatic carbocycles. The molecule has 0 radical (unpaired) electrons. The number of thiazole rings is 1. The highest BCUT2D eigenvalue weighted by atomic mass is 32.1. The SMILES string of the molecule is CN(C)C(=O)CN1CCCN(C(=O)Cc2cn3ccsc3n2)CC1. The summed E-state index contributed by atoms with van der Waals surface area (Å²) in [6.45, 7) is 3.43. The monoisotopic (exact) mass is 349 g/mol. The zero-order valence-corrected chi connectivity index (χ0v) is 15.0. The number of hydrogen-bond donors (Lipinski definition) is 0. The van der Waals surface area contributed by atoms with Gasteiger partial charge in [0.25, 0.3) is 0 Å². The third kappa shape index (κ3) is 3.93. The molecule has 1 saturated heterocycles. The molecule has 2 aromatic rings. The Bertz CT molecular complexity index is 694. The number of amides is 2. The van der Waals surface area contributed by atoms with Crippen LogP contribution >= 0.6 is 11.3 Å². The summed E-state index contributed by atoms with van der Waals surface area (Å²) in [5.74, 6) is 0.217. The van der Waals surface area contributed by atoms with E-state index in [1.54, 1.807) is 30.3 Å². The second-order valence-corrected chi connectivity index (χ2v) is 7.17. The molecular formula is C16H23N5O2S. The van der Waals surface area contributed by atoms with Crippen LogP contribution in [-0.4, -0.2) is 82.7 Å². The maximum Gasteiger partial charge on any atom is 0.236 e. The molecule has 0 atom stereocenters. The molecule has 0 bridgehead atoms. The fraction of sp³-hybridized carbons (Fsp3) is 0.562. The van der Waals surface area contributed by atoms with Crippen molar-refractivity contribution in [2.24, 2.45) is 0 Å². The van der Waals surface area contributed by atoms with E-state index in [0.29, 0.717) is 19.5 Å². The van der Waals surface area contributed by atoms with Gasteiger partial charge in [0, 0.05) is 58.0 Å². The number of rotatable bonds is 4. The molecule has 1 aliphatic heterocycles. The van der Waals surface area contributed by atoms with E-state index in [4.69, 9.17) is 0 Å². The lowest BCUT2D eigenvalue weighted by molar-refractivity contribution is -0.130. The van der Waals surface area contributed by atoms with E-state index in [1.807, 2.05) is 27.1 Å². The summed E-state index contributed by atoms with van der Waals surface area (Å²) in [4.78, 5) is 35.4. The van der Waals surface area contributed by atoms with Crippen LogP contribution in [-0.2, 0) is 16.0 Å². The smallest absolute Gasteiger partial charge is 0.236 e. The third-order valence-electron chi connectivity index (χ3n) is 4.27. The summed E-state index contributed by atoms with van der Waals surface area (Å²) in [6, 6.07) is 0. The van der Waals surface area contributed by atoms with Crippen molar-refractivity contribution in [2.75, 3.05) is 46.8 Å². The number of aromatic nitrogens is 2. The predicted octanol–water partition coefficient (Wildman–Crippen LogP) is 0.561. The maximum absolute atomic E-state index is 12.5. The van der Waals surface area contributed by atoms with Gasteiger partial charge in [-0.15, -0.1) is 11.3 Å². The Morgan fingerprint density at radius 2 is 2.08 bits per heavy atom. The topological polar surface area (TPSA) is 61.2 Å². The summed E-state index contributed by atoms with van der Waals surface area (Å²) in [5, 5.41) is 1.98. The van der Waals surface area contributed by atoms with Crippen LogP contribution in [0.5, 0.6) is 0 Å². The third-order valence-corrected chi connectivity index (χ3v) is 5.05. The van der Waals surface area contributed by atoms with Crippen molar-refractivity contribution in [2.45, 2.75) is 12.8 Å². The molecule has 0 aromatic carbocycles. The van der Waals surface area contributed by atoms with Crippen LogP contribution in [0.3, 0.4) is 0 Å². The van der Waals surface area contributed by atoms with Gasteiger partial charge in [0.15, 0.2) is 4.96 Å². The molecule has 3 heterocycles. The van der Waals surface area contributed by atoms with Crippen LogP contribution in [0.15, 0.2) is 17.8 Å². The fourth-order valence-electron chi connectivity index (χ4n) is 2.84. The van der Waals surface area contributed by atoms with Crippen molar-refractivity contribution >= 4 is 28.1 Å². The average Bonchev–Trinajstić information content (AvgIpc) is 3.02. The zero-order valence-electron chi connectivity index (χ0n) is 14.1. The molecule has 130 valence electrons. The van der Waals surface area contributed by atoms with Gasteiger partial charge in [0.1, 0.15) is 0 Å². The number of imidazole rings is 1. The lowest BCUT2D eigenvalue weighted by Crippen LogP contribution is -2.40. The van der Waals surface area contributed by atoms with Gasteiger partial charge in [-0.1, -0.05) is 0 Å². The minimum absolute atomic E-state index is 0.104. The highest BCUT2D eigenvalue weighted by molar-refractivity contribution is 7.15. The van der Waals surface area contributed by atoms with Gasteiger partial charge < -0.3 is 9.80 Å². The van der Waals surface area contributed by atoms with Crippen molar-refractivity contribution in [3.05, 3.63) is 23.5 Å².